The molecule has 2 aromatic carbocycles. The smallest absolute Gasteiger partial charge is 0.366 e. The van der Waals surface area contributed by atoms with Crippen LogP contribution in [0.25, 0.3) is 11.1 Å². The topological polar surface area (TPSA) is 43.1 Å². The van der Waals surface area contributed by atoms with Crippen LogP contribution < -0.4 is 5.73 Å². The molecule has 0 fully saturated rings. The quantitative estimate of drug-likeness (QED) is 0.718. The molecule has 0 saturated heterocycles. The summed E-state index contributed by atoms with van der Waals surface area (Å²) >= 11 is 2.94. The number of carbonyl (C=O) groups is 1. The molecule has 2 N–H and O–H groups in total. The molecule has 2 rings (SSSR count). The van der Waals surface area contributed by atoms with E-state index in [-0.39, 0.29) is 21.2 Å². The number of hydrogen-bond donors (Lipinski definition) is 1. The van der Waals surface area contributed by atoms with Gasteiger partial charge in [0, 0.05) is 21.2 Å². The summed E-state index contributed by atoms with van der Waals surface area (Å²) in [6.45, 7) is 0. The Morgan fingerprint density at radius 2 is 1.78 bits per heavy atom. The summed E-state index contributed by atoms with van der Waals surface area (Å²) in [6.07, 6.45) is -7.47. The predicted molar refractivity (Wildman–Crippen MR) is 78.1 cm³/mol. The Balaban J connectivity index is 2.76. The lowest BCUT2D eigenvalue weighted by Crippen LogP contribution is -2.13. The molecule has 0 spiro atoms. The summed E-state index contributed by atoms with van der Waals surface area (Å²) in [4.78, 5) is 11.5. The van der Waals surface area contributed by atoms with Crippen molar-refractivity contribution in [3.8, 4) is 11.1 Å². The number of primary amides is 1. The zero-order chi connectivity index (χ0) is 17.4. The van der Waals surface area contributed by atoms with Crippen LogP contribution in [-0.4, -0.2) is 5.91 Å². The van der Waals surface area contributed by atoms with Crippen molar-refractivity contribution in [2.45, 2.75) is 12.6 Å². The second-order valence-electron chi connectivity index (χ2n) is 4.63. The highest BCUT2D eigenvalue weighted by Gasteiger charge is 2.31. The normalized spacial score (nSPS) is 11.8. The highest BCUT2D eigenvalue weighted by Crippen LogP contribution is 2.40. The maximum atomic E-state index is 13.0. The van der Waals surface area contributed by atoms with E-state index in [2.05, 4.69) is 15.9 Å². The molecule has 122 valence electrons. The zero-order valence-corrected chi connectivity index (χ0v) is 12.9. The average molecular weight is 394 g/mol. The number of hydrogen-bond acceptors (Lipinski definition) is 1. The Morgan fingerprint density at radius 1 is 1.13 bits per heavy atom. The number of benzene rings is 2. The van der Waals surface area contributed by atoms with Crippen LogP contribution in [0, 0.1) is 0 Å². The van der Waals surface area contributed by atoms with Crippen molar-refractivity contribution in [1.29, 1.82) is 0 Å². The van der Waals surface area contributed by atoms with Gasteiger partial charge in [-0.2, -0.15) is 13.2 Å². The van der Waals surface area contributed by atoms with Crippen LogP contribution in [0.4, 0.5) is 22.0 Å². The average Bonchev–Trinajstić information content (AvgIpc) is 2.45. The molecule has 0 atom stereocenters. The maximum absolute atomic E-state index is 13.0. The van der Waals surface area contributed by atoms with Gasteiger partial charge in [-0.3, -0.25) is 4.79 Å². The molecular formula is C15H9BrF5NO. The molecule has 2 aromatic rings. The van der Waals surface area contributed by atoms with E-state index in [9.17, 15) is 26.7 Å². The van der Waals surface area contributed by atoms with E-state index in [1.54, 1.807) is 0 Å². The van der Waals surface area contributed by atoms with Crippen molar-refractivity contribution >= 4 is 21.8 Å². The number of alkyl halides is 5. The van der Waals surface area contributed by atoms with Gasteiger partial charge in [0.05, 0.1) is 5.56 Å². The second kappa shape index (κ2) is 6.27. The van der Waals surface area contributed by atoms with E-state index in [1.807, 2.05) is 0 Å². The van der Waals surface area contributed by atoms with Gasteiger partial charge in [-0.15, -0.1) is 0 Å². The van der Waals surface area contributed by atoms with Gasteiger partial charge in [0.1, 0.15) is 0 Å². The van der Waals surface area contributed by atoms with Crippen molar-refractivity contribution < 1.29 is 26.7 Å². The van der Waals surface area contributed by atoms with Gasteiger partial charge in [-0.05, 0) is 39.7 Å². The lowest BCUT2D eigenvalue weighted by atomic mass is 9.95. The zero-order valence-electron chi connectivity index (χ0n) is 11.3. The first kappa shape index (κ1) is 17.4. The van der Waals surface area contributed by atoms with Gasteiger partial charge in [0.2, 0.25) is 5.91 Å². The van der Waals surface area contributed by atoms with Crippen LogP contribution in [0.3, 0.4) is 0 Å². The summed E-state index contributed by atoms with van der Waals surface area (Å²) < 4.78 is 64.3. The van der Waals surface area contributed by atoms with Gasteiger partial charge in [-0.25, -0.2) is 8.78 Å². The Kier molecular flexibility index (Phi) is 4.74. The molecule has 0 aliphatic rings. The highest BCUT2D eigenvalue weighted by molar-refractivity contribution is 9.10. The molecule has 1 amide bonds. The van der Waals surface area contributed by atoms with Gasteiger partial charge in [0.15, 0.2) is 0 Å². The fraction of sp³-hybridized carbons (Fsp3) is 0.133. The molecule has 0 bridgehead atoms. The predicted octanol–water partition coefficient (Wildman–Crippen LogP) is 5.17. The largest absolute Gasteiger partial charge is 0.416 e. The Bertz CT molecular complexity index is 758. The lowest BCUT2D eigenvalue weighted by molar-refractivity contribution is -0.137. The minimum absolute atomic E-state index is 0.0389. The third-order valence-electron chi connectivity index (χ3n) is 3.15. The molecule has 0 radical (unpaired) electrons. The standard InChI is InChI=1S/C15H9BrF5NO/c16-12-10(13(17)18)5-4-9(14(22)23)11(12)7-2-1-3-8(6-7)15(19,20)21/h1-6,13H,(H2,22,23). The molecule has 0 saturated carbocycles. The molecule has 23 heavy (non-hydrogen) atoms. The molecule has 0 heterocycles. The number of nitrogens with two attached hydrogens (primary N) is 1. The fourth-order valence-corrected chi connectivity index (χ4v) is 2.85. The molecule has 0 aliphatic carbocycles. The Labute approximate surface area is 136 Å². The van der Waals surface area contributed by atoms with Crippen LogP contribution in [-0.2, 0) is 6.18 Å². The number of halogens is 6. The van der Waals surface area contributed by atoms with Crippen molar-refractivity contribution in [3.63, 3.8) is 0 Å². The van der Waals surface area contributed by atoms with E-state index >= 15 is 0 Å². The van der Waals surface area contributed by atoms with Crippen LogP contribution >= 0.6 is 15.9 Å². The van der Waals surface area contributed by atoms with Crippen LogP contribution in [0.1, 0.15) is 27.9 Å². The third kappa shape index (κ3) is 3.52. The molecule has 2 nitrogen and oxygen atoms in total. The van der Waals surface area contributed by atoms with Crippen molar-refractivity contribution in [2.75, 3.05) is 0 Å². The summed E-state index contributed by atoms with van der Waals surface area (Å²) in [5, 5.41) is 0. The number of amides is 1. The summed E-state index contributed by atoms with van der Waals surface area (Å²) in [5.74, 6) is -0.932. The van der Waals surface area contributed by atoms with Crippen molar-refractivity contribution in [3.05, 3.63) is 57.6 Å². The Morgan fingerprint density at radius 3 is 2.30 bits per heavy atom. The molecule has 8 heteroatoms. The molecule has 0 aliphatic heterocycles. The van der Waals surface area contributed by atoms with Crippen LogP contribution in [0.2, 0.25) is 0 Å². The first-order valence-corrected chi connectivity index (χ1v) is 7.00. The minimum Gasteiger partial charge on any atom is -0.366 e. The van der Waals surface area contributed by atoms with Gasteiger partial charge >= 0.3 is 6.18 Å². The third-order valence-corrected chi connectivity index (χ3v) is 4.01. The number of carbonyl (C=O) groups excluding carboxylic acids is 1. The monoisotopic (exact) mass is 393 g/mol. The first-order valence-electron chi connectivity index (χ1n) is 6.21. The second-order valence-corrected chi connectivity index (χ2v) is 5.43. The first-order chi connectivity index (χ1) is 10.6. The summed E-state index contributed by atoms with van der Waals surface area (Å²) in [7, 11) is 0. The van der Waals surface area contributed by atoms with Crippen molar-refractivity contribution in [1.82, 2.24) is 0 Å². The lowest BCUT2D eigenvalue weighted by Gasteiger charge is -2.15. The van der Waals surface area contributed by atoms with Gasteiger partial charge in [0.25, 0.3) is 6.43 Å². The fourth-order valence-electron chi connectivity index (χ4n) is 2.10. The van der Waals surface area contributed by atoms with Gasteiger partial charge < -0.3 is 5.73 Å². The molecule has 0 unspecified atom stereocenters. The summed E-state index contributed by atoms with van der Waals surface area (Å²) in [5.41, 5.74) is 3.51. The van der Waals surface area contributed by atoms with Crippen LogP contribution in [0.5, 0.6) is 0 Å². The molecule has 0 aromatic heterocycles. The van der Waals surface area contributed by atoms with E-state index in [1.165, 1.54) is 6.07 Å². The molecular weight excluding hydrogens is 385 g/mol. The number of rotatable bonds is 3. The van der Waals surface area contributed by atoms with E-state index in [4.69, 9.17) is 5.73 Å². The van der Waals surface area contributed by atoms with E-state index in [0.717, 1.165) is 30.3 Å². The minimum atomic E-state index is -4.60. The van der Waals surface area contributed by atoms with E-state index in [0.29, 0.717) is 0 Å². The highest BCUT2D eigenvalue weighted by atomic mass is 79.9. The maximum Gasteiger partial charge on any atom is 0.416 e. The van der Waals surface area contributed by atoms with Crippen LogP contribution in [0.15, 0.2) is 40.9 Å². The summed E-state index contributed by atoms with van der Waals surface area (Å²) in [6, 6.07) is 6.12. The van der Waals surface area contributed by atoms with E-state index < -0.39 is 29.6 Å². The van der Waals surface area contributed by atoms with Crippen molar-refractivity contribution in [2.24, 2.45) is 5.73 Å². The SMILES string of the molecule is NC(=O)c1ccc(C(F)F)c(Br)c1-c1cccc(C(F)(F)F)c1. The Hall–Kier alpha value is -1.96. The van der Waals surface area contributed by atoms with Gasteiger partial charge in [-0.1, -0.05) is 18.2 Å².